The number of unbranched alkanes of at least 4 members (excludes halogenated alkanes) is 5. The van der Waals surface area contributed by atoms with Gasteiger partial charge in [-0.25, -0.2) is 0 Å². The molecule has 0 atom stereocenters. The summed E-state index contributed by atoms with van der Waals surface area (Å²) >= 11 is 3.21. The number of hydrogen-bond acceptors (Lipinski definition) is 1. The van der Waals surface area contributed by atoms with E-state index >= 15 is 0 Å². The van der Waals surface area contributed by atoms with E-state index in [4.69, 9.17) is 0 Å². The lowest BCUT2D eigenvalue weighted by Gasteiger charge is -2.21. The third-order valence-electron chi connectivity index (χ3n) is 2.77. The molecule has 2 nitrogen and oxygen atoms in total. The van der Waals surface area contributed by atoms with Crippen molar-refractivity contribution < 1.29 is 9.18 Å². The first-order chi connectivity index (χ1) is 8.26. The minimum atomic E-state index is -0.190. The van der Waals surface area contributed by atoms with Gasteiger partial charge in [0.25, 0.3) is 0 Å². The zero-order valence-electron chi connectivity index (χ0n) is 10.9. The predicted octanol–water partition coefficient (Wildman–Crippen LogP) is 3.93. The lowest BCUT2D eigenvalue weighted by molar-refractivity contribution is -0.128. The van der Waals surface area contributed by atoms with E-state index in [2.05, 4.69) is 22.9 Å². The molecular weight excluding hydrogens is 285 g/mol. The number of halogens is 2. The molecule has 0 aromatic heterocycles. The molecule has 0 aliphatic heterocycles. The molecule has 0 N–H and O–H groups in total. The van der Waals surface area contributed by atoms with Gasteiger partial charge < -0.3 is 4.90 Å². The van der Waals surface area contributed by atoms with Gasteiger partial charge in [-0.05, 0) is 19.3 Å². The van der Waals surface area contributed by atoms with Crippen LogP contribution in [0.2, 0.25) is 0 Å². The number of rotatable bonds is 11. The molecule has 0 spiro atoms. The fourth-order valence-corrected chi connectivity index (χ4v) is 2.17. The van der Waals surface area contributed by atoms with Gasteiger partial charge in [0.1, 0.15) is 0 Å². The van der Waals surface area contributed by atoms with Crippen LogP contribution in [0.3, 0.4) is 0 Å². The third kappa shape index (κ3) is 9.57. The smallest absolute Gasteiger partial charge is 0.233 e. The minimum absolute atomic E-state index is 0.185. The Morgan fingerprint density at radius 3 is 2.18 bits per heavy atom. The van der Waals surface area contributed by atoms with E-state index in [1.807, 2.05) is 4.90 Å². The van der Waals surface area contributed by atoms with Crippen LogP contribution in [0.4, 0.5) is 4.39 Å². The summed E-state index contributed by atoms with van der Waals surface area (Å²) in [5, 5.41) is 0.420. The van der Waals surface area contributed by atoms with Gasteiger partial charge in [0, 0.05) is 13.1 Å². The van der Waals surface area contributed by atoms with Crippen molar-refractivity contribution in [3.05, 3.63) is 0 Å². The summed E-state index contributed by atoms with van der Waals surface area (Å²) in [6.07, 6.45) is 7.18. The van der Waals surface area contributed by atoms with Crippen LogP contribution in [0.25, 0.3) is 0 Å². The molecule has 0 aliphatic carbocycles. The van der Waals surface area contributed by atoms with Crippen molar-refractivity contribution in [2.45, 2.75) is 51.9 Å². The predicted molar refractivity (Wildman–Crippen MR) is 74.3 cm³/mol. The largest absolute Gasteiger partial charge is 0.342 e. The van der Waals surface area contributed by atoms with Crippen molar-refractivity contribution in [2.75, 3.05) is 25.1 Å². The Kier molecular flexibility index (Phi) is 12.3. The molecular formula is C13H25BrFNO. The Bertz CT molecular complexity index is 190. The topological polar surface area (TPSA) is 20.3 Å². The van der Waals surface area contributed by atoms with Gasteiger partial charge >= 0.3 is 0 Å². The van der Waals surface area contributed by atoms with Crippen LogP contribution >= 0.6 is 15.9 Å². The summed E-state index contributed by atoms with van der Waals surface area (Å²) in [7, 11) is 0. The van der Waals surface area contributed by atoms with Crippen molar-refractivity contribution in [1.29, 1.82) is 0 Å². The Balaban J connectivity index is 3.51. The van der Waals surface area contributed by atoms with Gasteiger partial charge in [-0.2, -0.15) is 0 Å². The lowest BCUT2D eigenvalue weighted by atomic mass is 10.1. The summed E-state index contributed by atoms with van der Waals surface area (Å²) in [4.78, 5) is 13.5. The lowest BCUT2D eigenvalue weighted by Crippen LogP contribution is -2.33. The SMILES string of the molecule is CCCN(CCCCCCCCF)C(=O)CBr. The Labute approximate surface area is 113 Å². The summed E-state index contributed by atoms with van der Waals surface area (Å²) < 4.78 is 11.8. The van der Waals surface area contributed by atoms with E-state index in [1.165, 1.54) is 0 Å². The van der Waals surface area contributed by atoms with Gasteiger partial charge in [0.15, 0.2) is 0 Å². The molecule has 0 saturated heterocycles. The fraction of sp³-hybridized carbons (Fsp3) is 0.923. The highest BCUT2D eigenvalue weighted by atomic mass is 79.9. The van der Waals surface area contributed by atoms with Crippen molar-refractivity contribution in [3.8, 4) is 0 Å². The number of nitrogens with zero attached hydrogens (tertiary/aromatic N) is 1. The summed E-state index contributed by atoms with van der Waals surface area (Å²) in [6, 6.07) is 0. The quantitative estimate of drug-likeness (QED) is 0.418. The molecule has 17 heavy (non-hydrogen) atoms. The number of alkyl halides is 2. The maximum absolute atomic E-state index is 11.8. The molecule has 0 radical (unpaired) electrons. The highest BCUT2D eigenvalue weighted by Crippen LogP contribution is 2.07. The number of amides is 1. The van der Waals surface area contributed by atoms with E-state index < -0.39 is 0 Å². The van der Waals surface area contributed by atoms with Crippen LogP contribution in [0, 0.1) is 0 Å². The Morgan fingerprint density at radius 2 is 1.65 bits per heavy atom. The van der Waals surface area contributed by atoms with Gasteiger partial charge in [-0.15, -0.1) is 0 Å². The second-order valence-corrected chi connectivity index (χ2v) is 4.89. The molecule has 102 valence electrons. The van der Waals surface area contributed by atoms with Gasteiger partial charge in [-0.3, -0.25) is 9.18 Å². The summed E-state index contributed by atoms with van der Waals surface area (Å²) in [5.41, 5.74) is 0. The van der Waals surface area contributed by atoms with Crippen LogP contribution in [-0.2, 0) is 4.79 Å². The average molecular weight is 310 g/mol. The van der Waals surface area contributed by atoms with Crippen molar-refractivity contribution in [3.63, 3.8) is 0 Å². The summed E-state index contributed by atoms with van der Waals surface area (Å²) in [5.74, 6) is 0.185. The van der Waals surface area contributed by atoms with E-state index in [1.54, 1.807) is 0 Å². The van der Waals surface area contributed by atoms with Crippen LogP contribution in [0.1, 0.15) is 51.9 Å². The molecule has 0 fully saturated rings. The van der Waals surface area contributed by atoms with E-state index in [9.17, 15) is 9.18 Å². The van der Waals surface area contributed by atoms with Crippen molar-refractivity contribution >= 4 is 21.8 Å². The maximum atomic E-state index is 11.8. The molecule has 1 amide bonds. The summed E-state index contributed by atoms with van der Waals surface area (Å²) in [6.45, 7) is 3.61. The van der Waals surface area contributed by atoms with Crippen LogP contribution in [0.5, 0.6) is 0 Å². The molecule has 0 bridgehead atoms. The van der Waals surface area contributed by atoms with Gasteiger partial charge in [0.05, 0.1) is 12.0 Å². The molecule has 0 saturated carbocycles. The van der Waals surface area contributed by atoms with Crippen LogP contribution < -0.4 is 0 Å². The van der Waals surface area contributed by atoms with Crippen molar-refractivity contribution in [2.24, 2.45) is 0 Å². The Morgan fingerprint density at radius 1 is 1.06 bits per heavy atom. The maximum Gasteiger partial charge on any atom is 0.233 e. The van der Waals surface area contributed by atoms with Crippen LogP contribution in [0.15, 0.2) is 0 Å². The minimum Gasteiger partial charge on any atom is -0.342 e. The monoisotopic (exact) mass is 309 g/mol. The van der Waals surface area contributed by atoms with Gasteiger partial charge in [-0.1, -0.05) is 48.5 Å². The third-order valence-corrected chi connectivity index (χ3v) is 3.25. The van der Waals surface area contributed by atoms with Crippen molar-refractivity contribution in [1.82, 2.24) is 4.90 Å². The van der Waals surface area contributed by atoms with E-state index in [0.29, 0.717) is 11.8 Å². The fourth-order valence-electron chi connectivity index (χ4n) is 1.82. The standard InChI is InChI=1S/C13H25BrFNO/c1-2-10-16(13(17)12-14)11-8-6-4-3-5-7-9-15/h2-12H2,1H3. The molecule has 0 aliphatic rings. The zero-order chi connectivity index (χ0) is 12.9. The first kappa shape index (κ1) is 16.9. The van der Waals surface area contributed by atoms with E-state index in [-0.39, 0.29) is 12.6 Å². The van der Waals surface area contributed by atoms with E-state index in [0.717, 1.165) is 51.6 Å². The number of carbonyl (C=O) groups is 1. The average Bonchev–Trinajstić information content (AvgIpc) is 2.35. The molecule has 0 unspecified atom stereocenters. The zero-order valence-corrected chi connectivity index (χ0v) is 12.5. The first-order valence-corrected chi connectivity index (χ1v) is 7.78. The second-order valence-electron chi connectivity index (χ2n) is 4.32. The number of hydrogen-bond donors (Lipinski definition) is 0. The van der Waals surface area contributed by atoms with Crippen LogP contribution in [-0.4, -0.2) is 35.9 Å². The molecule has 0 aromatic rings. The van der Waals surface area contributed by atoms with Gasteiger partial charge in [0.2, 0.25) is 5.91 Å². The molecule has 0 rings (SSSR count). The second kappa shape index (κ2) is 12.3. The normalized spacial score (nSPS) is 10.5. The first-order valence-electron chi connectivity index (χ1n) is 6.66. The molecule has 0 aromatic carbocycles. The Hall–Kier alpha value is -0.120. The molecule has 0 heterocycles. The molecule has 4 heteroatoms. The number of carbonyl (C=O) groups excluding carboxylic acids is 1. The highest BCUT2D eigenvalue weighted by Gasteiger charge is 2.09. The highest BCUT2D eigenvalue weighted by molar-refractivity contribution is 9.09.